The minimum atomic E-state index is -1.11. The second kappa shape index (κ2) is 7.96. The minimum Gasteiger partial charge on any atom is -0.480 e. The molecule has 0 aliphatic heterocycles. The normalized spacial score (nSPS) is 9.85. The molecule has 0 bridgehead atoms. The van der Waals surface area contributed by atoms with E-state index in [1.54, 1.807) is 30.3 Å². The molecule has 0 radical (unpaired) electrons. The first-order valence-corrected chi connectivity index (χ1v) is 6.15. The van der Waals surface area contributed by atoms with Crippen molar-refractivity contribution in [3.8, 4) is 0 Å². The third-order valence-corrected chi connectivity index (χ3v) is 2.58. The van der Waals surface area contributed by atoms with Crippen LogP contribution in [0.3, 0.4) is 0 Å². The fourth-order valence-corrected chi connectivity index (χ4v) is 1.72. The number of anilines is 1. The van der Waals surface area contributed by atoms with Gasteiger partial charge in [0.05, 0.1) is 6.61 Å². The largest absolute Gasteiger partial charge is 0.480 e. The van der Waals surface area contributed by atoms with E-state index >= 15 is 0 Å². The van der Waals surface area contributed by atoms with E-state index < -0.39 is 18.5 Å². The van der Waals surface area contributed by atoms with Crippen molar-refractivity contribution in [1.29, 1.82) is 0 Å². The second-order valence-corrected chi connectivity index (χ2v) is 4.06. The average Bonchev–Trinajstić information content (AvgIpc) is 2.44. The molecule has 1 aromatic rings. The number of hydrogen-bond donors (Lipinski definition) is 2. The molecule has 2 amide bonds. The van der Waals surface area contributed by atoms with Gasteiger partial charge in [0.15, 0.2) is 0 Å². The summed E-state index contributed by atoms with van der Waals surface area (Å²) in [6.45, 7) is 3.26. The monoisotopic (exact) mass is 278 g/mol. The summed E-state index contributed by atoms with van der Waals surface area (Å²) >= 11 is 0. The zero-order valence-corrected chi connectivity index (χ0v) is 11.1. The van der Waals surface area contributed by atoms with E-state index in [-0.39, 0.29) is 19.7 Å². The van der Waals surface area contributed by atoms with Gasteiger partial charge in [-0.25, -0.2) is 4.79 Å². The number of carbonyl (C=O) groups is 2. The Morgan fingerprint density at radius 2 is 1.90 bits per heavy atom. The van der Waals surface area contributed by atoms with Crippen molar-refractivity contribution in [2.45, 2.75) is 0 Å². The van der Waals surface area contributed by atoms with Gasteiger partial charge < -0.3 is 15.1 Å². The van der Waals surface area contributed by atoms with E-state index in [4.69, 9.17) is 10.2 Å². The van der Waals surface area contributed by atoms with Crippen LogP contribution in [0.1, 0.15) is 0 Å². The third-order valence-electron chi connectivity index (χ3n) is 2.58. The number of amides is 2. The summed E-state index contributed by atoms with van der Waals surface area (Å²) < 4.78 is 0. The lowest BCUT2D eigenvalue weighted by molar-refractivity contribution is -0.135. The molecular weight excluding hydrogens is 260 g/mol. The van der Waals surface area contributed by atoms with E-state index in [9.17, 15) is 9.59 Å². The first-order chi connectivity index (χ1) is 9.60. The van der Waals surface area contributed by atoms with Crippen LogP contribution in [0.2, 0.25) is 0 Å². The zero-order valence-electron chi connectivity index (χ0n) is 11.1. The Balaban J connectivity index is 2.99. The molecule has 0 aromatic heterocycles. The summed E-state index contributed by atoms with van der Waals surface area (Å²) in [5, 5.41) is 17.9. The third kappa shape index (κ3) is 4.40. The van der Waals surface area contributed by atoms with E-state index in [2.05, 4.69) is 6.58 Å². The predicted molar refractivity (Wildman–Crippen MR) is 75.7 cm³/mol. The van der Waals surface area contributed by atoms with Gasteiger partial charge in [-0.2, -0.15) is 0 Å². The molecule has 0 aliphatic rings. The predicted octanol–water partition coefficient (Wildman–Crippen LogP) is 1.18. The lowest BCUT2D eigenvalue weighted by Gasteiger charge is -2.28. The number of urea groups is 1. The van der Waals surface area contributed by atoms with E-state index in [0.717, 1.165) is 4.90 Å². The van der Waals surface area contributed by atoms with Gasteiger partial charge >= 0.3 is 12.0 Å². The van der Waals surface area contributed by atoms with Crippen LogP contribution in [0.25, 0.3) is 0 Å². The Hall–Kier alpha value is -2.34. The van der Waals surface area contributed by atoms with Crippen molar-refractivity contribution in [3.63, 3.8) is 0 Å². The maximum absolute atomic E-state index is 12.4. The van der Waals surface area contributed by atoms with Crippen molar-refractivity contribution >= 4 is 17.7 Å². The second-order valence-electron chi connectivity index (χ2n) is 4.06. The Morgan fingerprint density at radius 1 is 1.25 bits per heavy atom. The molecule has 0 saturated carbocycles. The van der Waals surface area contributed by atoms with E-state index in [1.165, 1.54) is 11.0 Å². The summed E-state index contributed by atoms with van der Waals surface area (Å²) in [5.74, 6) is -1.11. The Bertz CT molecular complexity index is 462. The van der Waals surface area contributed by atoms with Crippen LogP contribution < -0.4 is 4.90 Å². The van der Waals surface area contributed by atoms with Crippen LogP contribution in [-0.4, -0.2) is 53.4 Å². The molecule has 6 heteroatoms. The number of carbonyl (C=O) groups excluding carboxylic acids is 1. The molecule has 0 saturated heterocycles. The van der Waals surface area contributed by atoms with Crippen LogP contribution in [-0.2, 0) is 4.79 Å². The number of aliphatic carboxylic acids is 1. The molecule has 1 rings (SSSR count). The molecule has 0 aliphatic carbocycles. The molecule has 20 heavy (non-hydrogen) atoms. The molecule has 108 valence electrons. The lowest BCUT2D eigenvalue weighted by Crippen LogP contribution is -2.46. The van der Waals surface area contributed by atoms with Gasteiger partial charge in [-0.05, 0) is 12.1 Å². The number of aliphatic hydroxyl groups is 1. The first-order valence-electron chi connectivity index (χ1n) is 6.15. The van der Waals surface area contributed by atoms with Crippen molar-refractivity contribution in [2.24, 2.45) is 0 Å². The number of nitrogens with zero attached hydrogens (tertiary/aromatic N) is 2. The Kier molecular flexibility index (Phi) is 6.25. The molecule has 6 nitrogen and oxygen atoms in total. The van der Waals surface area contributed by atoms with Gasteiger partial charge in [0.25, 0.3) is 0 Å². The summed E-state index contributed by atoms with van der Waals surface area (Å²) in [6.07, 6.45) is 1.53. The molecule has 0 unspecified atom stereocenters. The first kappa shape index (κ1) is 15.7. The Labute approximate surface area is 117 Å². The van der Waals surface area contributed by atoms with Gasteiger partial charge in [-0.1, -0.05) is 24.3 Å². The maximum atomic E-state index is 12.4. The van der Waals surface area contributed by atoms with Gasteiger partial charge in [0, 0.05) is 18.8 Å². The van der Waals surface area contributed by atoms with Gasteiger partial charge in [-0.3, -0.25) is 9.69 Å². The summed E-state index contributed by atoms with van der Waals surface area (Å²) in [4.78, 5) is 25.8. The highest BCUT2D eigenvalue weighted by atomic mass is 16.4. The average molecular weight is 278 g/mol. The van der Waals surface area contributed by atoms with Crippen molar-refractivity contribution in [1.82, 2.24) is 4.90 Å². The molecule has 0 spiro atoms. The van der Waals surface area contributed by atoms with Crippen molar-refractivity contribution < 1.29 is 19.8 Å². The standard InChI is InChI=1S/C14H18N2O4/c1-2-8-15(9-10-17)14(20)16(11-13(18)19)12-6-4-3-5-7-12/h2-7,17H,1,8-11H2,(H,18,19). The smallest absolute Gasteiger partial charge is 0.325 e. The number of rotatable bonds is 7. The number of carboxylic acids is 1. The van der Waals surface area contributed by atoms with Gasteiger partial charge in [0.1, 0.15) is 6.54 Å². The fraction of sp³-hybridized carbons (Fsp3) is 0.286. The molecule has 0 heterocycles. The molecular formula is C14H18N2O4. The quantitative estimate of drug-likeness (QED) is 0.734. The number of hydrogen-bond acceptors (Lipinski definition) is 3. The highest BCUT2D eigenvalue weighted by Gasteiger charge is 2.23. The molecule has 0 fully saturated rings. The Morgan fingerprint density at radius 3 is 2.40 bits per heavy atom. The number of para-hydroxylation sites is 1. The highest BCUT2D eigenvalue weighted by molar-refractivity contribution is 5.96. The van der Waals surface area contributed by atoms with Gasteiger partial charge in [-0.15, -0.1) is 6.58 Å². The van der Waals surface area contributed by atoms with Crippen molar-refractivity contribution in [3.05, 3.63) is 43.0 Å². The van der Waals surface area contributed by atoms with Crippen molar-refractivity contribution in [2.75, 3.05) is 31.1 Å². The van der Waals surface area contributed by atoms with E-state index in [0.29, 0.717) is 5.69 Å². The van der Waals surface area contributed by atoms with Crippen LogP contribution in [0, 0.1) is 0 Å². The molecule has 2 N–H and O–H groups in total. The van der Waals surface area contributed by atoms with Gasteiger partial charge in [0.2, 0.25) is 0 Å². The number of aliphatic hydroxyl groups excluding tert-OH is 1. The van der Waals surface area contributed by atoms with Crippen LogP contribution in [0.4, 0.5) is 10.5 Å². The summed E-state index contributed by atoms with van der Waals surface area (Å²) in [7, 11) is 0. The topological polar surface area (TPSA) is 81.1 Å². The maximum Gasteiger partial charge on any atom is 0.325 e. The highest BCUT2D eigenvalue weighted by Crippen LogP contribution is 2.15. The fourth-order valence-electron chi connectivity index (χ4n) is 1.72. The zero-order chi connectivity index (χ0) is 15.0. The summed E-state index contributed by atoms with van der Waals surface area (Å²) in [6, 6.07) is 8.07. The molecule has 0 atom stereocenters. The number of benzene rings is 1. The molecule has 1 aromatic carbocycles. The summed E-state index contributed by atoms with van der Waals surface area (Å²) in [5.41, 5.74) is 0.493. The van der Waals surface area contributed by atoms with E-state index in [1.807, 2.05) is 0 Å². The van der Waals surface area contributed by atoms with Crippen LogP contribution in [0.15, 0.2) is 43.0 Å². The SMILES string of the molecule is C=CCN(CCO)C(=O)N(CC(=O)O)c1ccccc1. The lowest BCUT2D eigenvalue weighted by atomic mass is 10.3. The number of carboxylic acid groups (broad SMARTS) is 1. The van der Waals surface area contributed by atoms with Crippen LogP contribution in [0.5, 0.6) is 0 Å². The minimum absolute atomic E-state index is 0.119. The van der Waals surface area contributed by atoms with Crippen LogP contribution >= 0.6 is 0 Å².